The van der Waals surface area contributed by atoms with E-state index in [0.29, 0.717) is 12.4 Å². The molecule has 0 bridgehead atoms. The van der Waals surface area contributed by atoms with Crippen molar-refractivity contribution < 1.29 is 4.74 Å². The molecule has 148 valence electrons. The summed E-state index contributed by atoms with van der Waals surface area (Å²) in [5, 5.41) is 14.3. The van der Waals surface area contributed by atoms with Crippen LogP contribution in [0.2, 0.25) is 0 Å². The topological polar surface area (TPSA) is 52.3 Å². The zero-order valence-electron chi connectivity index (χ0n) is 15.9. The Bertz CT molecular complexity index is 1210. The van der Waals surface area contributed by atoms with E-state index < -0.39 is 0 Å². The van der Waals surface area contributed by atoms with Crippen molar-refractivity contribution in [3.63, 3.8) is 0 Å². The standard InChI is InChI=1S/C23H17BrN4OS/c24-19-11-9-17(10-12-19)21-15-30-23-26-25-22(28(23)27-21)18-7-4-8-20(13-18)29-14-16-5-2-1-3-6-16/h1-13H,14-15H2. The number of benzene rings is 3. The van der Waals surface area contributed by atoms with Gasteiger partial charge in [-0.15, -0.1) is 10.2 Å². The summed E-state index contributed by atoms with van der Waals surface area (Å²) in [4.78, 5) is 0. The van der Waals surface area contributed by atoms with Crippen LogP contribution in [0.1, 0.15) is 11.1 Å². The summed E-state index contributed by atoms with van der Waals surface area (Å²) >= 11 is 5.12. The number of hydrogen-bond donors (Lipinski definition) is 0. The molecule has 1 aliphatic heterocycles. The summed E-state index contributed by atoms with van der Waals surface area (Å²) in [7, 11) is 0. The first-order chi connectivity index (χ1) is 14.8. The summed E-state index contributed by atoms with van der Waals surface area (Å²) in [5.41, 5.74) is 4.14. The van der Waals surface area contributed by atoms with Gasteiger partial charge in [-0.25, -0.2) is 0 Å². The molecule has 5 nitrogen and oxygen atoms in total. The highest BCUT2D eigenvalue weighted by molar-refractivity contribution is 9.10. The largest absolute Gasteiger partial charge is 0.489 e. The molecular weight excluding hydrogens is 460 g/mol. The Balaban J connectivity index is 1.43. The molecule has 5 rings (SSSR count). The van der Waals surface area contributed by atoms with Gasteiger partial charge in [-0.1, -0.05) is 82.3 Å². The van der Waals surface area contributed by atoms with Crippen LogP contribution in [0.4, 0.5) is 0 Å². The maximum absolute atomic E-state index is 5.97. The first kappa shape index (κ1) is 19.1. The van der Waals surface area contributed by atoms with E-state index >= 15 is 0 Å². The summed E-state index contributed by atoms with van der Waals surface area (Å²) in [6, 6.07) is 26.2. The molecule has 0 atom stereocenters. The first-order valence-electron chi connectivity index (χ1n) is 9.45. The minimum atomic E-state index is 0.518. The van der Waals surface area contributed by atoms with Crippen LogP contribution < -0.4 is 4.74 Å². The van der Waals surface area contributed by atoms with Gasteiger partial charge in [-0.3, -0.25) is 0 Å². The van der Waals surface area contributed by atoms with Crippen molar-refractivity contribution in [1.29, 1.82) is 0 Å². The fraction of sp³-hybridized carbons (Fsp3) is 0.0870. The Morgan fingerprint density at radius 3 is 2.57 bits per heavy atom. The third kappa shape index (κ3) is 4.04. The van der Waals surface area contributed by atoms with Gasteiger partial charge in [0.25, 0.3) is 0 Å². The van der Waals surface area contributed by atoms with Gasteiger partial charge >= 0.3 is 0 Å². The van der Waals surface area contributed by atoms with Crippen LogP contribution in [-0.4, -0.2) is 26.3 Å². The molecule has 0 spiro atoms. The van der Waals surface area contributed by atoms with Gasteiger partial charge in [-0.05, 0) is 35.4 Å². The highest BCUT2D eigenvalue weighted by atomic mass is 79.9. The fourth-order valence-electron chi connectivity index (χ4n) is 3.16. The molecule has 0 aliphatic carbocycles. The van der Waals surface area contributed by atoms with Crippen LogP contribution in [0.3, 0.4) is 0 Å². The average molecular weight is 477 g/mol. The van der Waals surface area contributed by atoms with E-state index in [1.165, 1.54) is 0 Å². The number of aromatic nitrogens is 3. The molecule has 0 saturated heterocycles. The number of nitrogens with zero attached hydrogens (tertiary/aromatic N) is 4. The number of hydrogen-bond acceptors (Lipinski definition) is 5. The second-order valence-electron chi connectivity index (χ2n) is 6.76. The van der Waals surface area contributed by atoms with E-state index in [2.05, 4.69) is 38.3 Å². The number of fused-ring (bicyclic) bond motifs is 1. The van der Waals surface area contributed by atoms with E-state index in [0.717, 1.165) is 43.5 Å². The van der Waals surface area contributed by atoms with E-state index in [1.54, 1.807) is 11.8 Å². The molecular formula is C23H17BrN4OS. The number of thioether (sulfide) groups is 1. The summed E-state index contributed by atoms with van der Waals surface area (Å²) < 4.78 is 8.84. The Morgan fingerprint density at radius 1 is 0.900 bits per heavy atom. The molecule has 3 aromatic carbocycles. The molecule has 0 fully saturated rings. The van der Waals surface area contributed by atoms with Gasteiger partial charge in [0.05, 0.1) is 5.71 Å². The van der Waals surface area contributed by atoms with E-state index in [4.69, 9.17) is 9.84 Å². The zero-order valence-corrected chi connectivity index (χ0v) is 18.3. The lowest BCUT2D eigenvalue weighted by atomic mass is 10.1. The third-order valence-corrected chi connectivity index (χ3v) is 6.15. The first-order valence-corrected chi connectivity index (χ1v) is 11.2. The van der Waals surface area contributed by atoms with Crippen LogP contribution >= 0.6 is 27.7 Å². The Labute approximate surface area is 186 Å². The lowest BCUT2D eigenvalue weighted by molar-refractivity contribution is 0.306. The Hall–Kier alpha value is -2.90. The Kier molecular flexibility index (Phi) is 5.38. The van der Waals surface area contributed by atoms with Crippen molar-refractivity contribution in [2.45, 2.75) is 11.8 Å². The van der Waals surface area contributed by atoms with Crippen LogP contribution in [0.5, 0.6) is 5.75 Å². The average Bonchev–Trinajstić information content (AvgIpc) is 3.22. The molecule has 2 heterocycles. The van der Waals surface area contributed by atoms with Gasteiger partial charge < -0.3 is 4.74 Å². The lowest BCUT2D eigenvalue weighted by Gasteiger charge is -2.14. The van der Waals surface area contributed by atoms with E-state index in [9.17, 15) is 0 Å². The number of halogens is 1. The van der Waals surface area contributed by atoms with Gasteiger partial charge in [0.2, 0.25) is 5.16 Å². The molecule has 7 heteroatoms. The lowest BCUT2D eigenvalue weighted by Crippen LogP contribution is -2.13. The van der Waals surface area contributed by atoms with Gasteiger partial charge in [0.1, 0.15) is 12.4 Å². The monoisotopic (exact) mass is 476 g/mol. The van der Waals surface area contributed by atoms with Crippen molar-refractivity contribution in [3.05, 3.63) is 94.5 Å². The smallest absolute Gasteiger partial charge is 0.212 e. The van der Waals surface area contributed by atoms with E-state index in [1.807, 2.05) is 71.4 Å². The third-order valence-electron chi connectivity index (χ3n) is 4.69. The molecule has 0 N–H and O–H groups in total. The maximum atomic E-state index is 5.97. The van der Waals surface area contributed by atoms with Gasteiger partial charge in [-0.2, -0.15) is 9.78 Å². The van der Waals surface area contributed by atoms with Crippen molar-refractivity contribution >= 4 is 33.4 Å². The predicted octanol–water partition coefficient (Wildman–Crippen LogP) is 5.64. The molecule has 0 unspecified atom stereocenters. The molecule has 1 aliphatic rings. The van der Waals surface area contributed by atoms with Gasteiger partial charge in [0, 0.05) is 15.8 Å². The second-order valence-corrected chi connectivity index (χ2v) is 8.62. The SMILES string of the molecule is Brc1ccc(C2=Nn3c(nnc3-c3cccc(OCc4ccccc4)c3)SC2)cc1. The number of rotatable bonds is 5. The van der Waals surface area contributed by atoms with Crippen molar-refractivity contribution in [1.82, 2.24) is 14.9 Å². The summed E-state index contributed by atoms with van der Waals surface area (Å²) in [5.74, 6) is 2.26. The molecule has 0 saturated carbocycles. The molecule has 4 aromatic rings. The quantitative estimate of drug-likeness (QED) is 0.373. The fourth-order valence-corrected chi connectivity index (χ4v) is 4.26. The predicted molar refractivity (Wildman–Crippen MR) is 123 cm³/mol. The van der Waals surface area contributed by atoms with E-state index in [-0.39, 0.29) is 0 Å². The highest BCUT2D eigenvalue weighted by Gasteiger charge is 2.21. The highest BCUT2D eigenvalue weighted by Crippen LogP contribution is 2.30. The summed E-state index contributed by atoms with van der Waals surface area (Å²) in [6.45, 7) is 0.518. The Morgan fingerprint density at radius 2 is 1.73 bits per heavy atom. The summed E-state index contributed by atoms with van der Waals surface area (Å²) in [6.07, 6.45) is 0. The minimum Gasteiger partial charge on any atom is -0.489 e. The molecule has 0 radical (unpaired) electrons. The van der Waals surface area contributed by atoms with Crippen molar-refractivity contribution in [2.75, 3.05) is 5.75 Å². The molecule has 30 heavy (non-hydrogen) atoms. The molecule has 1 aromatic heterocycles. The van der Waals surface area contributed by atoms with Crippen molar-refractivity contribution in [2.24, 2.45) is 5.10 Å². The normalized spacial score (nSPS) is 12.9. The molecule has 0 amide bonds. The van der Waals surface area contributed by atoms with Crippen LogP contribution in [0.25, 0.3) is 11.4 Å². The van der Waals surface area contributed by atoms with Crippen LogP contribution in [0.15, 0.2) is 93.6 Å². The van der Waals surface area contributed by atoms with Crippen LogP contribution in [0, 0.1) is 0 Å². The number of ether oxygens (including phenoxy) is 1. The minimum absolute atomic E-state index is 0.518. The maximum Gasteiger partial charge on any atom is 0.212 e. The second kappa shape index (κ2) is 8.45. The zero-order chi connectivity index (χ0) is 20.3. The van der Waals surface area contributed by atoms with Gasteiger partial charge in [0.15, 0.2) is 5.82 Å². The van der Waals surface area contributed by atoms with Crippen molar-refractivity contribution in [3.8, 4) is 17.1 Å². The van der Waals surface area contributed by atoms with Crippen LogP contribution in [-0.2, 0) is 6.61 Å².